The molecule has 26 heavy (non-hydrogen) atoms. The molecule has 7 heteroatoms. The van der Waals surface area contributed by atoms with Gasteiger partial charge in [-0.05, 0) is 31.1 Å². The number of carbonyl (C=O) groups is 2. The van der Waals surface area contributed by atoms with E-state index in [9.17, 15) is 9.59 Å². The molecule has 1 aliphatic heterocycles. The van der Waals surface area contributed by atoms with Crippen molar-refractivity contribution in [3.8, 4) is 0 Å². The summed E-state index contributed by atoms with van der Waals surface area (Å²) >= 11 is 0. The van der Waals surface area contributed by atoms with E-state index in [4.69, 9.17) is 0 Å². The molecule has 1 saturated heterocycles. The van der Waals surface area contributed by atoms with E-state index < -0.39 is 0 Å². The van der Waals surface area contributed by atoms with Crippen LogP contribution in [0.25, 0.3) is 0 Å². The molecule has 2 amide bonds. The van der Waals surface area contributed by atoms with Gasteiger partial charge in [-0.15, -0.1) is 0 Å². The molecule has 2 N–H and O–H groups in total. The van der Waals surface area contributed by atoms with Gasteiger partial charge in [-0.2, -0.15) is 5.10 Å². The van der Waals surface area contributed by atoms with Crippen molar-refractivity contribution in [3.05, 3.63) is 49.2 Å². The lowest BCUT2D eigenvalue weighted by Gasteiger charge is -2.30. The predicted octanol–water partition coefficient (Wildman–Crippen LogP) is 2.53. The molecule has 0 atom stereocenters. The first-order chi connectivity index (χ1) is 12.6. The lowest BCUT2D eigenvalue weighted by molar-refractivity contribution is -0.130. The molecular weight excluding hydrogens is 330 g/mol. The lowest BCUT2D eigenvalue weighted by Crippen LogP contribution is -2.40. The summed E-state index contributed by atoms with van der Waals surface area (Å²) < 4.78 is 1.71. The summed E-state index contributed by atoms with van der Waals surface area (Å²) in [7, 11) is 1.85. The van der Waals surface area contributed by atoms with Crippen molar-refractivity contribution < 1.29 is 9.59 Å². The molecule has 2 heterocycles. The SMILES string of the molecule is C=CC(=O)N1CCC(C(=O)Nc2ccccc2Nc2ccn(C)n2)CC1. The number of anilines is 3. The lowest BCUT2D eigenvalue weighted by atomic mass is 9.95. The van der Waals surface area contributed by atoms with Crippen LogP contribution in [0.3, 0.4) is 0 Å². The summed E-state index contributed by atoms with van der Waals surface area (Å²) in [6, 6.07) is 9.41. The zero-order chi connectivity index (χ0) is 18.5. The van der Waals surface area contributed by atoms with Crippen molar-refractivity contribution in [3.63, 3.8) is 0 Å². The van der Waals surface area contributed by atoms with E-state index in [2.05, 4.69) is 22.3 Å². The van der Waals surface area contributed by atoms with Crippen LogP contribution in [0.1, 0.15) is 12.8 Å². The number of benzene rings is 1. The number of hydrogen-bond donors (Lipinski definition) is 2. The van der Waals surface area contributed by atoms with Crippen molar-refractivity contribution >= 4 is 29.0 Å². The first kappa shape index (κ1) is 17.7. The fourth-order valence-corrected chi connectivity index (χ4v) is 3.05. The molecule has 1 aromatic heterocycles. The van der Waals surface area contributed by atoms with Gasteiger partial charge < -0.3 is 15.5 Å². The number of rotatable bonds is 5. The van der Waals surface area contributed by atoms with E-state index >= 15 is 0 Å². The minimum Gasteiger partial charge on any atom is -0.339 e. The second kappa shape index (κ2) is 7.86. The summed E-state index contributed by atoms with van der Waals surface area (Å²) in [6.45, 7) is 4.67. The monoisotopic (exact) mass is 353 g/mol. The van der Waals surface area contributed by atoms with Crippen molar-refractivity contribution in [1.82, 2.24) is 14.7 Å². The van der Waals surface area contributed by atoms with Crippen molar-refractivity contribution in [2.75, 3.05) is 23.7 Å². The van der Waals surface area contributed by atoms with Crippen LogP contribution < -0.4 is 10.6 Å². The van der Waals surface area contributed by atoms with Gasteiger partial charge in [0.25, 0.3) is 0 Å². The normalized spacial score (nSPS) is 14.7. The van der Waals surface area contributed by atoms with Gasteiger partial charge in [-0.25, -0.2) is 0 Å². The van der Waals surface area contributed by atoms with Gasteiger partial charge in [0.2, 0.25) is 11.8 Å². The van der Waals surface area contributed by atoms with Gasteiger partial charge in [0.15, 0.2) is 5.82 Å². The molecule has 1 fully saturated rings. The molecule has 1 aromatic carbocycles. The van der Waals surface area contributed by atoms with Crippen LogP contribution in [0.2, 0.25) is 0 Å². The van der Waals surface area contributed by atoms with Crippen molar-refractivity contribution in [2.45, 2.75) is 12.8 Å². The van der Waals surface area contributed by atoms with Gasteiger partial charge >= 0.3 is 0 Å². The molecule has 136 valence electrons. The van der Waals surface area contributed by atoms with E-state index in [1.54, 1.807) is 9.58 Å². The van der Waals surface area contributed by atoms with Crippen molar-refractivity contribution in [1.29, 1.82) is 0 Å². The van der Waals surface area contributed by atoms with Crippen LogP contribution in [0.4, 0.5) is 17.2 Å². The number of aromatic nitrogens is 2. The fourth-order valence-electron chi connectivity index (χ4n) is 3.05. The third-order valence-corrected chi connectivity index (χ3v) is 4.51. The average molecular weight is 353 g/mol. The number of nitrogens with one attached hydrogen (secondary N) is 2. The number of amides is 2. The van der Waals surface area contributed by atoms with E-state index in [0.29, 0.717) is 37.4 Å². The zero-order valence-electron chi connectivity index (χ0n) is 14.8. The molecular formula is C19H23N5O2. The van der Waals surface area contributed by atoms with E-state index in [1.807, 2.05) is 43.6 Å². The molecule has 7 nitrogen and oxygen atoms in total. The van der Waals surface area contributed by atoms with E-state index in [1.165, 1.54) is 6.08 Å². The first-order valence-electron chi connectivity index (χ1n) is 8.64. The molecule has 0 radical (unpaired) electrons. The Kier molecular flexibility index (Phi) is 5.36. The number of piperidine rings is 1. The Hall–Kier alpha value is -3.09. The molecule has 1 aliphatic rings. The summed E-state index contributed by atoms with van der Waals surface area (Å²) in [5.41, 5.74) is 1.51. The number of nitrogens with zero attached hydrogens (tertiary/aromatic N) is 3. The molecule has 0 bridgehead atoms. The third-order valence-electron chi connectivity index (χ3n) is 4.51. The largest absolute Gasteiger partial charge is 0.339 e. The summed E-state index contributed by atoms with van der Waals surface area (Å²) in [6.07, 6.45) is 4.48. The Balaban J connectivity index is 1.63. The summed E-state index contributed by atoms with van der Waals surface area (Å²) in [5, 5.41) is 10.5. The van der Waals surface area contributed by atoms with E-state index in [0.717, 1.165) is 5.69 Å². The standard InChI is InChI=1S/C19H23N5O2/c1-3-18(25)24-12-8-14(9-13-24)19(26)21-16-7-5-4-6-15(16)20-17-10-11-23(2)22-17/h3-7,10-11,14H,1,8-9,12-13H2,2H3,(H,20,22)(H,21,26). The number of carbonyl (C=O) groups excluding carboxylic acids is 2. The Morgan fingerprint density at radius 3 is 2.50 bits per heavy atom. The smallest absolute Gasteiger partial charge is 0.245 e. The van der Waals surface area contributed by atoms with E-state index in [-0.39, 0.29) is 17.7 Å². The van der Waals surface area contributed by atoms with Crippen molar-refractivity contribution in [2.24, 2.45) is 13.0 Å². The molecule has 0 saturated carbocycles. The summed E-state index contributed by atoms with van der Waals surface area (Å²) in [5.74, 6) is 0.511. The zero-order valence-corrected chi connectivity index (χ0v) is 14.8. The van der Waals surface area contributed by atoms with Crippen LogP contribution in [0.5, 0.6) is 0 Å². The van der Waals surface area contributed by atoms with Gasteiger partial charge in [-0.3, -0.25) is 14.3 Å². The molecule has 2 aromatic rings. The Bertz CT molecular complexity index is 806. The van der Waals surface area contributed by atoms with Crippen LogP contribution in [-0.2, 0) is 16.6 Å². The minimum absolute atomic E-state index is 0.0222. The van der Waals surface area contributed by atoms with Crippen LogP contribution >= 0.6 is 0 Å². The number of para-hydroxylation sites is 2. The van der Waals surface area contributed by atoms with Crippen LogP contribution in [0, 0.1) is 5.92 Å². The predicted molar refractivity (Wildman–Crippen MR) is 101 cm³/mol. The Morgan fingerprint density at radius 2 is 1.88 bits per heavy atom. The quantitative estimate of drug-likeness (QED) is 0.810. The maximum absolute atomic E-state index is 12.6. The topological polar surface area (TPSA) is 79.3 Å². The highest BCUT2D eigenvalue weighted by Crippen LogP contribution is 2.26. The first-order valence-corrected chi connectivity index (χ1v) is 8.64. The second-order valence-electron chi connectivity index (χ2n) is 6.34. The summed E-state index contributed by atoms with van der Waals surface area (Å²) in [4.78, 5) is 26.0. The molecule has 0 unspecified atom stereocenters. The molecule has 3 rings (SSSR count). The molecule has 0 aliphatic carbocycles. The average Bonchev–Trinajstić information content (AvgIpc) is 3.07. The second-order valence-corrected chi connectivity index (χ2v) is 6.34. The van der Waals surface area contributed by atoms with Gasteiger partial charge in [0.1, 0.15) is 0 Å². The number of aryl methyl sites for hydroxylation is 1. The van der Waals surface area contributed by atoms with Gasteiger partial charge in [-0.1, -0.05) is 18.7 Å². The maximum Gasteiger partial charge on any atom is 0.245 e. The van der Waals surface area contributed by atoms with Gasteiger partial charge in [0.05, 0.1) is 11.4 Å². The fraction of sp³-hybridized carbons (Fsp3) is 0.316. The number of hydrogen-bond acceptors (Lipinski definition) is 4. The van der Waals surface area contributed by atoms with Crippen LogP contribution in [0.15, 0.2) is 49.2 Å². The maximum atomic E-state index is 12.6. The Morgan fingerprint density at radius 1 is 1.19 bits per heavy atom. The molecule has 0 spiro atoms. The third kappa shape index (κ3) is 4.11. The number of likely N-dealkylation sites (tertiary alicyclic amines) is 1. The van der Waals surface area contributed by atoms with Crippen LogP contribution in [-0.4, -0.2) is 39.6 Å². The highest BCUT2D eigenvalue weighted by atomic mass is 16.2. The highest BCUT2D eigenvalue weighted by molar-refractivity contribution is 5.96. The highest BCUT2D eigenvalue weighted by Gasteiger charge is 2.26. The Labute approximate surface area is 152 Å². The van der Waals surface area contributed by atoms with Gasteiger partial charge in [0, 0.05) is 38.3 Å². The minimum atomic E-state index is -0.105.